The second-order valence-electron chi connectivity index (χ2n) is 3.45. The van der Waals surface area contributed by atoms with E-state index in [0.717, 1.165) is 12.5 Å². The summed E-state index contributed by atoms with van der Waals surface area (Å²) in [5, 5.41) is 6.84. The first-order chi connectivity index (χ1) is 6.34. The molecule has 0 spiro atoms. The Hall–Kier alpha value is -1.32. The zero-order valence-electron chi connectivity index (χ0n) is 7.44. The topological polar surface area (TPSA) is 46.9 Å². The molecule has 13 heavy (non-hydrogen) atoms. The van der Waals surface area contributed by atoms with Crippen LogP contribution in [-0.4, -0.2) is 22.2 Å². The van der Waals surface area contributed by atoms with Crippen molar-refractivity contribution in [2.24, 2.45) is 5.92 Å². The molecule has 1 aromatic rings. The number of amides is 1. The van der Waals surface area contributed by atoms with E-state index in [-0.39, 0.29) is 5.91 Å². The summed E-state index contributed by atoms with van der Waals surface area (Å²) in [6.07, 6.45) is 6.00. The predicted octanol–water partition coefficient (Wildman–Crippen LogP) is 0.409. The van der Waals surface area contributed by atoms with Gasteiger partial charge in [0.1, 0.15) is 6.54 Å². The van der Waals surface area contributed by atoms with E-state index in [1.807, 2.05) is 6.07 Å². The third-order valence-corrected chi connectivity index (χ3v) is 2.15. The van der Waals surface area contributed by atoms with Crippen molar-refractivity contribution in [3.63, 3.8) is 0 Å². The lowest BCUT2D eigenvalue weighted by molar-refractivity contribution is -0.121. The van der Waals surface area contributed by atoms with Gasteiger partial charge in [-0.2, -0.15) is 5.10 Å². The molecule has 1 amide bonds. The van der Waals surface area contributed by atoms with E-state index in [1.54, 1.807) is 17.1 Å². The van der Waals surface area contributed by atoms with Crippen molar-refractivity contribution in [2.45, 2.75) is 19.4 Å². The molecule has 1 fully saturated rings. The summed E-state index contributed by atoms with van der Waals surface area (Å²) in [5.41, 5.74) is 0. The van der Waals surface area contributed by atoms with Gasteiger partial charge in [-0.1, -0.05) is 0 Å². The maximum Gasteiger partial charge on any atom is 0.241 e. The molecule has 0 radical (unpaired) electrons. The molecular weight excluding hydrogens is 166 g/mol. The smallest absolute Gasteiger partial charge is 0.241 e. The first kappa shape index (κ1) is 8.29. The second kappa shape index (κ2) is 3.60. The molecule has 1 aliphatic carbocycles. The normalized spacial score (nSPS) is 15.7. The third kappa shape index (κ3) is 2.57. The van der Waals surface area contributed by atoms with Gasteiger partial charge in [-0.15, -0.1) is 0 Å². The summed E-state index contributed by atoms with van der Waals surface area (Å²) in [7, 11) is 0. The van der Waals surface area contributed by atoms with Crippen LogP contribution in [0.2, 0.25) is 0 Å². The van der Waals surface area contributed by atoms with Gasteiger partial charge < -0.3 is 5.32 Å². The van der Waals surface area contributed by atoms with Crippen molar-refractivity contribution in [3.05, 3.63) is 18.5 Å². The molecule has 1 aliphatic rings. The number of carbonyl (C=O) groups excluding carboxylic acids is 1. The van der Waals surface area contributed by atoms with Crippen LogP contribution in [0, 0.1) is 5.92 Å². The number of nitrogens with zero attached hydrogens (tertiary/aromatic N) is 2. The van der Waals surface area contributed by atoms with Gasteiger partial charge in [0.15, 0.2) is 0 Å². The molecule has 0 bridgehead atoms. The minimum Gasteiger partial charge on any atom is -0.354 e. The Kier molecular flexibility index (Phi) is 2.29. The van der Waals surface area contributed by atoms with Crippen molar-refractivity contribution < 1.29 is 4.79 Å². The van der Waals surface area contributed by atoms with E-state index in [1.165, 1.54) is 12.8 Å². The summed E-state index contributed by atoms with van der Waals surface area (Å²) in [6.45, 7) is 1.17. The lowest BCUT2D eigenvalue weighted by Gasteiger charge is -2.03. The molecule has 4 nitrogen and oxygen atoms in total. The SMILES string of the molecule is O=C(Cn1cccn1)NCC1CC1. The molecule has 0 aromatic carbocycles. The van der Waals surface area contributed by atoms with Crippen molar-refractivity contribution in [3.8, 4) is 0 Å². The van der Waals surface area contributed by atoms with Gasteiger partial charge in [-0.3, -0.25) is 9.48 Å². The predicted molar refractivity (Wildman–Crippen MR) is 48.0 cm³/mol. The summed E-state index contributed by atoms with van der Waals surface area (Å²) in [4.78, 5) is 11.3. The largest absolute Gasteiger partial charge is 0.354 e. The molecule has 1 saturated carbocycles. The van der Waals surface area contributed by atoms with E-state index in [4.69, 9.17) is 0 Å². The number of aromatic nitrogens is 2. The molecule has 70 valence electrons. The van der Waals surface area contributed by atoms with E-state index < -0.39 is 0 Å². The number of carbonyl (C=O) groups is 1. The van der Waals surface area contributed by atoms with Crippen LogP contribution in [0.25, 0.3) is 0 Å². The molecule has 0 atom stereocenters. The standard InChI is InChI=1S/C9H13N3O/c13-9(10-6-8-2-3-8)7-12-5-1-4-11-12/h1,4-5,8H,2-3,6-7H2,(H,10,13). The third-order valence-electron chi connectivity index (χ3n) is 2.15. The average Bonchev–Trinajstić information content (AvgIpc) is 2.82. The Labute approximate surface area is 76.9 Å². The van der Waals surface area contributed by atoms with Gasteiger partial charge in [0.25, 0.3) is 0 Å². The molecule has 4 heteroatoms. The van der Waals surface area contributed by atoms with Gasteiger partial charge in [0.2, 0.25) is 5.91 Å². The van der Waals surface area contributed by atoms with Gasteiger partial charge >= 0.3 is 0 Å². The van der Waals surface area contributed by atoms with Crippen molar-refractivity contribution in [2.75, 3.05) is 6.54 Å². The molecule has 1 N–H and O–H groups in total. The highest BCUT2D eigenvalue weighted by Gasteiger charge is 2.21. The average molecular weight is 179 g/mol. The number of hydrogen-bond donors (Lipinski definition) is 1. The van der Waals surface area contributed by atoms with Crippen molar-refractivity contribution in [1.29, 1.82) is 0 Å². The highest BCUT2D eigenvalue weighted by molar-refractivity contribution is 5.75. The van der Waals surface area contributed by atoms with Crippen LogP contribution in [-0.2, 0) is 11.3 Å². The number of nitrogens with one attached hydrogen (secondary N) is 1. The van der Waals surface area contributed by atoms with Gasteiger partial charge in [-0.25, -0.2) is 0 Å². The van der Waals surface area contributed by atoms with Crippen molar-refractivity contribution in [1.82, 2.24) is 15.1 Å². The Morgan fingerprint density at radius 2 is 2.46 bits per heavy atom. The van der Waals surface area contributed by atoms with Crippen LogP contribution in [0.15, 0.2) is 18.5 Å². The molecule has 0 aliphatic heterocycles. The van der Waals surface area contributed by atoms with Crippen LogP contribution < -0.4 is 5.32 Å². The molecule has 2 rings (SSSR count). The van der Waals surface area contributed by atoms with Crippen LogP contribution in [0.1, 0.15) is 12.8 Å². The number of rotatable bonds is 4. The first-order valence-corrected chi connectivity index (χ1v) is 4.59. The Bertz CT molecular complexity index is 277. The summed E-state index contributed by atoms with van der Waals surface area (Å²) in [5.74, 6) is 0.789. The van der Waals surface area contributed by atoms with Crippen LogP contribution in [0.5, 0.6) is 0 Å². The van der Waals surface area contributed by atoms with Gasteiger partial charge in [0.05, 0.1) is 0 Å². The maximum atomic E-state index is 11.3. The minimum absolute atomic E-state index is 0.0515. The van der Waals surface area contributed by atoms with Gasteiger partial charge in [0, 0.05) is 18.9 Å². The highest BCUT2D eigenvalue weighted by atomic mass is 16.2. The molecule has 0 saturated heterocycles. The molecule has 1 aromatic heterocycles. The molecular formula is C9H13N3O. The molecule has 1 heterocycles. The Morgan fingerprint density at radius 1 is 1.62 bits per heavy atom. The fourth-order valence-corrected chi connectivity index (χ4v) is 1.18. The van der Waals surface area contributed by atoms with Crippen LogP contribution >= 0.6 is 0 Å². The van der Waals surface area contributed by atoms with E-state index in [9.17, 15) is 4.79 Å². The fourth-order valence-electron chi connectivity index (χ4n) is 1.18. The van der Waals surface area contributed by atoms with Crippen LogP contribution in [0.4, 0.5) is 0 Å². The van der Waals surface area contributed by atoms with Gasteiger partial charge in [-0.05, 0) is 24.8 Å². The monoisotopic (exact) mass is 179 g/mol. The number of hydrogen-bond acceptors (Lipinski definition) is 2. The fraction of sp³-hybridized carbons (Fsp3) is 0.556. The highest BCUT2D eigenvalue weighted by Crippen LogP contribution is 2.27. The molecule has 0 unspecified atom stereocenters. The van der Waals surface area contributed by atoms with E-state index >= 15 is 0 Å². The lowest BCUT2D eigenvalue weighted by atomic mass is 10.4. The summed E-state index contributed by atoms with van der Waals surface area (Å²) < 4.78 is 1.63. The van der Waals surface area contributed by atoms with E-state index in [2.05, 4.69) is 10.4 Å². The Balaban J connectivity index is 1.71. The second-order valence-corrected chi connectivity index (χ2v) is 3.45. The maximum absolute atomic E-state index is 11.3. The summed E-state index contributed by atoms with van der Waals surface area (Å²) in [6, 6.07) is 1.81. The van der Waals surface area contributed by atoms with E-state index in [0.29, 0.717) is 6.54 Å². The Morgan fingerprint density at radius 3 is 3.08 bits per heavy atom. The lowest BCUT2D eigenvalue weighted by Crippen LogP contribution is -2.29. The minimum atomic E-state index is 0.0515. The summed E-state index contributed by atoms with van der Waals surface area (Å²) >= 11 is 0. The first-order valence-electron chi connectivity index (χ1n) is 4.59. The van der Waals surface area contributed by atoms with Crippen molar-refractivity contribution >= 4 is 5.91 Å². The zero-order valence-corrected chi connectivity index (χ0v) is 7.44. The van der Waals surface area contributed by atoms with Crippen LogP contribution in [0.3, 0.4) is 0 Å². The quantitative estimate of drug-likeness (QED) is 0.727. The zero-order chi connectivity index (χ0) is 9.10.